The highest BCUT2D eigenvalue weighted by Gasteiger charge is 2.31. The molecule has 1 atom stereocenters. The van der Waals surface area contributed by atoms with Crippen molar-refractivity contribution in [3.63, 3.8) is 0 Å². The van der Waals surface area contributed by atoms with E-state index in [4.69, 9.17) is 0 Å². The van der Waals surface area contributed by atoms with Crippen LogP contribution in [0.25, 0.3) is 0 Å². The average Bonchev–Trinajstić information content (AvgIpc) is 3.36. The first kappa shape index (κ1) is 20.9. The van der Waals surface area contributed by atoms with E-state index in [1.54, 1.807) is 7.05 Å². The molecule has 7 heteroatoms. The predicted octanol–water partition coefficient (Wildman–Crippen LogP) is 2.28. The van der Waals surface area contributed by atoms with Gasteiger partial charge in [-0.2, -0.15) is 0 Å². The molecule has 0 bridgehead atoms. The molecule has 0 saturated carbocycles. The van der Waals surface area contributed by atoms with E-state index in [1.165, 1.54) is 0 Å². The number of para-hydroxylation sites is 1. The van der Waals surface area contributed by atoms with E-state index >= 15 is 0 Å². The van der Waals surface area contributed by atoms with E-state index in [0.717, 1.165) is 29.8 Å². The Hall–Kier alpha value is -3.35. The summed E-state index contributed by atoms with van der Waals surface area (Å²) in [7, 11) is 1.73. The van der Waals surface area contributed by atoms with Crippen molar-refractivity contribution in [3.8, 4) is 0 Å². The topological polar surface area (TPSA) is 77.0 Å². The molecule has 4 rings (SSSR count). The summed E-state index contributed by atoms with van der Waals surface area (Å²) in [6.45, 7) is 2.74. The highest BCUT2D eigenvalue weighted by Crippen LogP contribution is 2.21. The minimum Gasteiger partial charge on any atom is -0.352 e. The predicted molar refractivity (Wildman–Crippen MR) is 122 cm³/mol. The molecule has 7 nitrogen and oxygen atoms in total. The van der Waals surface area contributed by atoms with Crippen LogP contribution in [0.4, 0.5) is 5.69 Å². The molecule has 2 fully saturated rings. The summed E-state index contributed by atoms with van der Waals surface area (Å²) in [5.74, 6) is 1.03. The van der Waals surface area contributed by atoms with Crippen molar-refractivity contribution in [3.05, 3.63) is 65.7 Å². The highest BCUT2D eigenvalue weighted by molar-refractivity contribution is 5.97. The number of hydrogen-bond acceptors (Lipinski definition) is 3. The van der Waals surface area contributed by atoms with Crippen LogP contribution in [0.5, 0.6) is 0 Å². The van der Waals surface area contributed by atoms with Gasteiger partial charge in [0.2, 0.25) is 11.8 Å². The molecule has 2 N–H and O–H groups in total. The number of benzene rings is 2. The second-order valence-electron chi connectivity index (χ2n) is 8.05. The molecule has 0 spiro atoms. The lowest BCUT2D eigenvalue weighted by atomic mass is 10.1. The van der Waals surface area contributed by atoms with Gasteiger partial charge in [-0.3, -0.25) is 14.6 Å². The number of rotatable bonds is 6. The van der Waals surface area contributed by atoms with Gasteiger partial charge in [-0.15, -0.1) is 0 Å². The van der Waals surface area contributed by atoms with Crippen LogP contribution in [0, 0.1) is 0 Å². The zero-order valence-electron chi connectivity index (χ0n) is 17.9. The Balaban J connectivity index is 1.30. The number of nitrogens with zero attached hydrogens (tertiary/aromatic N) is 3. The van der Waals surface area contributed by atoms with Crippen molar-refractivity contribution in [1.29, 1.82) is 0 Å². The number of nitrogens with one attached hydrogen (secondary N) is 2. The van der Waals surface area contributed by atoms with Crippen molar-refractivity contribution < 1.29 is 9.59 Å². The summed E-state index contributed by atoms with van der Waals surface area (Å²) >= 11 is 0. The van der Waals surface area contributed by atoms with E-state index in [-0.39, 0.29) is 17.9 Å². The van der Waals surface area contributed by atoms with Gasteiger partial charge in [-0.1, -0.05) is 42.5 Å². The number of amides is 2. The second-order valence-corrected chi connectivity index (χ2v) is 8.05. The highest BCUT2D eigenvalue weighted by atomic mass is 16.2. The van der Waals surface area contributed by atoms with Crippen LogP contribution >= 0.6 is 0 Å². The Kier molecular flexibility index (Phi) is 6.50. The monoisotopic (exact) mass is 419 g/mol. The fourth-order valence-corrected chi connectivity index (χ4v) is 4.17. The minimum atomic E-state index is 0.00594. The van der Waals surface area contributed by atoms with Crippen molar-refractivity contribution in [2.24, 2.45) is 4.99 Å². The van der Waals surface area contributed by atoms with Crippen LogP contribution in [0.1, 0.15) is 30.4 Å². The molecule has 2 aliphatic rings. The summed E-state index contributed by atoms with van der Waals surface area (Å²) in [4.78, 5) is 32.4. The van der Waals surface area contributed by atoms with E-state index < -0.39 is 0 Å². The normalized spacial score (nSPS) is 19.3. The number of likely N-dealkylation sites (tertiary alicyclic amines) is 1. The standard InChI is InChI=1S/C24H29N5O2/c1-25-24(27-20-14-23(31)29(17-20)21-9-3-2-4-10-21)26-15-18-7-5-8-19(13-18)16-28-12-6-11-22(28)30/h2-5,7-10,13,20H,6,11-12,14-17H2,1H3,(H2,25,26,27). The number of carbonyl (C=O) groups excluding carboxylic acids is 2. The zero-order valence-corrected chi connectivity index (χ0v) is 17.9. The first-order valence-electron chi connectivity index (χ1n) is 10.8. The Morgan fingerprint density at radius 2 is 1.87 bits per heavy atom. The molecular weight excluding hydrogens is 390 g/mol. The van der Waals surface area contributed by atoms with E-state index in [1.807, 2.05) is 46.2 Å². The van der Waals surface area contributed by atoms with Crippen molar-refractivity contribution in [1.82, 2.24) is 15.5 Å². The van der Waals surface area contributed by atoms with E-state index in [9.17, 15) is 9.59 Å². The molecule has 0 radical (unpaired) electrons. The lowest BCUT2D eigenvalue weighted by molar-refractivity contribution is -0.128. The van der Waals surface area contributed by atoms with Gasteiger partial charge in [-0.05, 0) is 29.7 Å². The van der Waals surface area contributed by atoms with Crippen LogP contribution in [0.15, 0.2) is 59.6 Å². The molecule has 1 unspecified atom stereocenters. The maximum Gasteiger partial charge on any atom is 0.229 e. The third-order valence-electron chi connectivity index (χ3n) is 5.75. The molecule has 2 saturated heterocycles. The Morgan fingerprint density at radius 1 is 1.06 bits per heavy atom. The molecule has 2 amide bonds. The lowest BCUT2D eigenvalue weighted by Crippen LogP contribution is -2.44. The number of anilines is 1. The maximum atomic E-state index is 12.4. The smallest absolute Gasteiger partial charge is 0.229 e. The van der Waals surface area contributed by atoms with Crippen LogP contribution in [0.3, 0.4) is 0 Å². The van der Waals surface area contributed by atoms with Gasteiger partial charge in [-0.25, -0.2) is 0 Å². The fourth-order valence-electron chi connectivity index (χ4n) is 4.17. The Bertz CT molecular complexity index is 959. The molecule has 2 aromatic carbocycles. The maximum absolute atomic E-state index is 12.4. The molecule has 162 valence electrons. The Labute approximate surface area is 183 Å². The third kappa shape index (κ3) is 5.23. The first-order valence-corrected chi connectivity index (χ1v) is 10.8. The average molecular weight is 420 g/mol. The third-order valence-corrected chi connectivity index (χ3v) is 5.75. The Morgan fingerprint density at radius 3 is 2.61 bits per heavy atom. The van der Waals surface area contributed by atoms with Crippen LogP contribution in [0.2, 0.25) is 0 Å². The number of hydrogen-bond donors (Lipinski definition) is 2. The summed E-state index contributed by atoms with van der Waals surface area (Å²) < 4.78 is 0. The fraction of sp³-hybridized carbons (Fsp3) is 0.375. The summed E-state index contributed by atoms with van der Waals surface area (Å²) in [5.41, 5.74) is 3.19. The van der Waals surface area contributed by atoms with Gasteiger partial charge in [0.25, 0.3) is 0 Å². The minimum absolute atomic E-state index is 0.00594. The van der Waals surface area contributed by atoms with E-state index in [0.29, 0.717) is 38.4 Å². The lowest BCUT2D eigenvalue weighted by Gasteiger charge is -2.19. The van der Waals surface area contributed by atoms with Gasteiger partial charge in [0.15, 0.2) is 5.96 Å². The summed E-state index contributed by atoms with van der Waals surface area (Å²) in [6.07, 6.45) is 2.05. The van der Waals surface area contributed by atoms with Gasteiger partial charge in [0.1, 0.15) is 0 Å². The van der Waals surface area contributed by atoms with Crippen molar-refractivity contribution in [2.45, 2.75) is 38.4 Å². The number of carbonyl (C=O) groups is 2. The molecule has 2 aromatic rings. The number of aliphatic imine (C=N–C) groups is 1. The second kappa shape index (κ2) is 9.64. The van der Waals surface area contributed by atoms with Gasteiger partial charge in [0.05, 0.1) is 6.04 Å². The SMILES string of the molecule is CN=C(NCc1cccc(CN2CCCC2=O)c1)NC1CC(=O)N(c2ccccc2)C1. The van der Waals surface area contributed by atoms with Crippen LogP contribution in [-0.4, -0.2) is 48.9 Å². The quantitative estimate of drug-likeness (QED) is 0.556. The molecule has 2 heterocycles. The van der Waals surface area contributed by atoms with Crippen molar-refractivity contribution >= 4 is 23.5 Å². The molecule has 2 aliphatic heterocycles. The zero-order chi connectivity index (χ0) is 21.6. The molecule has 31 heavy (non-hydrogen) atoms. The van der Waals surface area contributed by atoms with Gasteiger partial charge >= 0.3 is 0 Å². The molecular formula is C24H29N5O2. The van der Waals surface area contributed by atoms with Crippen LogP contribution < -0.4 is 15.5 Å². The largest absolute Gasteiger partial charge is 0.352 e. The van der Waals surface area contributed by atoms with Crippen LogP contribution in [-0.2, 0) is 22.7 Å². The van der Waals surface area contributed by atoms with Crippen molar-refractivity contribution in [2.75, 3.05) is 25.0 Å². The van der Waals surface area contributed by atoms with Gasteiger partial charge in [0, 0.05) is 51.8 Å². The van der Waals surface area contributed by atoms with E-state index in [2.05, 4.69) is 33.8 Å². The van der Waals surface area contributed by atoms with Gasteiger partial charge < -0.3 is 20.4 Å². The summed E-state index contributed by atoms with van der Waals surface area (Å²) in [6, 6.07) is 18.0. The summed E-state index contributed by atoms with van der Waals surface area (Å²) in [5, 5.41) is 6.71. The molecule has 0 aliphatic carbocycles. The number of guanidine groups is 1. The first-order chi connectivity index (χ1) is 15.1. The molecule has 0 aromatic heterocycles.